The van der Waals surface area contributed by atoms with Crippen LogP contribution in [-0.4, -0.2) is 45.9 Å². The van der Waals surface area contributed by atoms with Crippen molar-refractivity contribution in [2.45, 2.75) is 19.3 Å². The van der Waals surface area contributed by atoms with Crippen molar-refractivity contribution in [2.75, 3.05) is 33.2 Å². The maximum atomic E-state index is 11.9. The van der Waals surface area contributed by atoms with E-state index in [4.69, 9.17) is 0 Å². The highest BCUT2D eigenvalue weighted by molar-refractivity contribution is 7.87. The van der Waals surface area contributed by atoms with Gasteiger partial charge in [-0.15, -0.1) is 12.4 Å². The third-order valence-corrected chi connectivity index (χ3v) is 4.74. The summed E-state index contributed by atoms with van der Waals surface area (Å²) in [4.78, 5) is 0. The fourth-order valence-corrected chi connectivity index (χ4v) is 2.88. The number of hydrogen-bond acceptors (Lipinski definition) is 3. The van der Waals surface area contributed by atoms with Gasteiger partial charge >= 0.3 is 0 Å². The van der Waals surface area contributed by atoms with Crippen LogP contribution >= 0.6 is 12.4 Å². The minimum absolute atomic E-state index is 0. The Morgan fingerprint density at radius 3 is 2.78 bits per heavy atom. The smallest absolute Gasteiger partial charge is 0.279 e. The van der Waals surface area contributed by atoms with E-state index in [9.17, 15) is 8.42 Å². The van der Waals surface area contributed by atoms with E-state index in [1.165, 1.54) is 9.88 Å². The zero-order chi connectivity index (χ0) is 12.3. The van der Waals surface area contributed by atoms with Crippen LogP contribution in [0.2, 0.25) is 0 Å². The summed E-state index contributed by atoms with van der Waals surface area (Å²) in [5.74, 6) is 0.578. The van der Waals surface area contributed by atoms with Gasteiger partial charge in [0.1, 0.15) is 0 Å². The van der Waals surface area contributed by atoms with Crippen molar-refractivity contribution >= 4 is 22.6 Å². The van der Waals surface area contributed by atoms with E-state index in [-0.39, 0.29) is 12.4 Å². The van der Waals surface area contributed by atoms with Gasteiger partial charge in [-0.3, -0.25) is 0 Å². The van der Waals surface area contributed by atoms with Crippen molar-refractivity contribution in [1.82, 2.24) is 14.3 Å². The van der Waals surface area contributed by atoms with Crippen LogP contribution in [0.3, 0.4) is 0 Å². The van der Waals surface area contributed by atoms with Gasteiger partial charge in [-0.1, -0.05) is 11.6 Å². The monoisotopic (exact) mass is 295 g/mol. The Balaban J connectivity index is 0.00000162. The van der Waals surface area contributed by atoms with Gasteiger partial charge in [0.15, 0.2) is 0 Å². The Labute approximate surface area is 116 Å². The van der Waals surface area contributed by atoms with Gasteiger partial charge in [0.25, 0.3) is 10.2 Å². The molecule has 0 radical (unpaired) electrons. The van der Waals surface area contributed by atoms with Gasteiger partial charge in [0.05, 0.1) is 0 Å². The molecule has 0 saturated heterocycles. The van der Waals surface area contributed by atoms with E-state index in [0.29, 0.717) is 19.0 Å². The summed E-state index contributed by atoms with van der Waals surface area (Å²) in [6, 6.07) is 0. The number of rotatable bonds is 6. The Morgan fingerprint density at radius 1 is 1.50 bits per heavy atom. The minimum atomic E-state index is -3.29. The number of nitrogens with zero attached hydrogens (tertiary/aromatic N) is 1. The molecule has 0 aromatic rings. The molecule has 2 N–H and O–H groups in total. The average Bonchev–Trinajstić information content (AvgIpc) is 3.12. The van der Waals surface area contributed by atoms with Crippen LogP contribution in [0, 0.1) is 5.92 Å². The van der Waals surface area contributed by atoms with E-state index in [0.717, 1.165) is 32.4 Å². The number of halogens is 1. The predicted molar refractivity (Wildman–Crippen MR) is 75.1 cm³/mol. The first kappa shape index (κ1) is 15.9. The molecule has 106 valence electrons. The summed E-state index contributed by atoms with van der Waals surface area (Å²) >= 11 is 0. The molecule has 1 aliphatic heterocycles. The SMILES string of the molecule is CN(CC1CC1)S(=O)(=O)NCC1=CCNCC1.Cl. The lowest BCUT2D eigenvalue weighted by molar-refractivity contribution is 0.444. The molecule has 0 bridgehead atoms. The van der Waals surface area contributed by atoms with Gasteiger partial charge in [-0.25, -0.2) is 0 Å². The van der Waals surface area contributed by atoms with E-state index >= 15 is 0 Å². The molecule has 1 heterocycles. The van der Waals surface area contributed by atoms with Crippen molar-refractivity contribution in [3.05, 3.63) is 11.6 Å². The highest BCUT2D eigenvalue weighted by Gasteiger charge is 2.27. The van der Waals surface area contributed by atoms with Crippen LogP contribution in [-0.2, 0) is 10.2 Å². The second-order valence-corrected chi connectivity index (χ2v) is 6.73. The van der Waals surface area contributed by atoms with Crippen molar-refractivity contribution in [3.63, 3.8) is 0 Å². The molecule has 0 amide bonds. The summed E-state index contributed by atoms with van der Waals surface area (Å²) in [7, 11) is -1.64. The largest absolute Gasteiger partial charge is 0.313 e. The Kier molecular flexibility index (Phi) is 6.07. The molecule has 2 aliphatic rings. The van der Waals surface area contributed by atoms with Crippen molar-refractivity contribution in [3.8, 4) is 0 Å². The molecular weight excluding hydrogens is 274 g/mol. The molecule has 1 fully saturated rings. The summed E-state index contributed by atoms with van der Waals surface area (Å²) in [6.45, 7) is 2.87. The topological polar surface area (TPSA) is 61.4 Å². The Bertz CT molecular complexity index is 393. The third kappa shape index (κ3) is 4.85. The molecule has 0 aromatic heterocycles. The van der Waals surface area contributed by atoms with E-state index in [1.807, 2.05) is 0 Å². The molecule has 2 rings (SSSR count). The van der Waals surface area contributed by atoms with Crippen molar-refractivity contribution in [1.29, 1.82) is 0 Å². The molecular formula is C11H22ClN3O2S. The molecule has 0 aromatic carbocycles. The van der Waals surface area contributed by atoms with E-state index in [1.54, 1.807) is 7.05 Å². The van der Waals surface area contributed by atoms with E-state index in [2.05, 4.69) is 16.1 Å². The van der Waals surface area contributed by atoms with Gasteiger partial charge in [-0.2, -0.15) is 17.4 Å². The lowest BCUT2D eigenvalue weighted by Crippen LogP contribution is -2.40. The fraction of sp³-hybridized carbons (Fsp3) is 0.818. The quantitative estimate of drug-likeness (QED) is 0.702. The first-order valence-electron chi connectivity index (χ1n) is 6.17. The van der Waals surface area contributed by atoms with Crippen LogP contribution in [0.4, 0.5) is 0 Å². The third-order valence-electron chi connectivity index (χ3n) is 3.26. The van der Waals surface area contributed by atoms with Crippen LogP contribution in [0.5, 0.6) is 0 Å². The van der Waals surface area contributed by atoms with Crippen LogP contribution in [0.25, 0.3) is 0 Å². The lowest BCUT2D eigenvalue weighted by Gasteiger charge is -2.19. The number of hydrogen-bond donors (Lipinski definition) is 2. The second kappa shape index (κ2) is 6.86. The van der Waals surface area contributed by atoms with Crippen molar-refractivity contribution in [2.24, 2.45) is 5.92 Å². The van der Waals surface area contributed by atoms with Crippen molar-refractivity contribution < 1.29 is 8.42 Å². The van der Waals surface area contributed by atoms with Crippen LogP contribution in [0.15, 0.2) is 11.6 Å². The molecule has 0 spiro atoms. The summed E-state index contributed by atoms with van der Waals surface area (Å²) < 4.78 is 27.9. The van der Waals surface area contributed by atoms with E-state index < -0.39 is 10.2 Å². The molecule has 0 atom stereocenters. The average molecular weight is 296 g/mol. The number of nitrogens with one attached hydrogen (secondary N) is 2. The first-order chi connectivity index (χ1) is 8.08. The standard InChI is InChI=1S/C11H21N3O2S.ClH/c1-14(9-11-2-3-11)17(15,16)13-8-10-4-6-12-7-5-10;/h4,11-13H,2-3,5-9H2,1H3;1H. The summed E-state index contributed by atoms with van der Waals surface area (Å²) in [6.07, 6.45) is 5.31. The first-order valence-corrected chi connectivity index (χ1v) is 7.61. The molecule has 1 aliphatic carbocycles. The van der Waals surface area contributed by atoms with Crippen LogP contribution < -0.4 is 10.0 Å². The van der Waals surface area contributed by atoms with Gasteiger partial charge in [0.2, 0.25) is 0 Å². The Hall–Kier alpha value is -0.140. The van der Waals surface area contributed by atoms with Gasteiger partial charge in [0, 0.05) is 26.7 Å². The predicted octanol–water partition coefficient (Wildman–Crippen LogP) is 0.504. The normalized spacial score (nSPS) is 20.4. The highest BCUT2D eigenvalue weighted by Crippen LogP contribution is 2.29. The highest BCUT2D eigenvalue weighted by atomic mass is 35.5. The molecule has 7 heteroatoms. The zero-order valence-electron chi connectivity index (χ0n) is 10.7. The van der Waals surface area contributed by atoms with Gasteiger partial charge in [-0.05, 0) is 31.7 Å². The zero-order valence-corrected chi connectivity index (χ0v) is 12.3. The molecule has 5 nitrogen and oxygen atoms in total. The summed E-state index contributed by atoms with van der Waals surface area (Å²) in [5, 5.41) is 3.20. The molecule has 1 saturated carbocycles. The van der Waals surface area contributed by atoms with Crippen LogP contribution in [0.1, 0.15) is 19.3 Å². The second-order valence-electron chi connectivity index (χ2n) is 4.87. The summed E-state index contributed by atoms with van der Waals surface area (Å²) in [5.41, 5.74) is 1.17. The molecule has 0 unspecified atom stereocenters. The lowest BCUT2D eigenvalue weighted by atomic mass is 10.1. The van der Waals surface area contributed by atoms with Gasteiger partial charge < -0.3 is 5.32 Å². The maximum Gasteiger partial charge on any atom is 0.279 e. The Morgan fingerprint density at radius 2 is 2.22 bits per heavy atom. The minimum Gasteiger partial charge on any atom is -0.313 e. The fourth-order valence-electron chi connectivity index (χ4n) is 1.89. The molecule has 18 heavy (non-hydrogen) atoms. The maximum absolute atomic E-state index is 11.9.